The highest BCUT2D eigenvalue weighted by molar-refractivity contribution is 5.95. The molecule has 3 heterocycles. The first-order chi connectivity index (χ1) is 15.5. The molecule has 2 aromatic carbocycles. The highest BCUT2D eigenvalue weighted by Crippen LogP contribution is 2.26. The fraction of sp³-hybridized carbons (Fsp3) is 0.125. The Labute approximate surface area is 197 Å². The number of anilines is 1. The van der Waals surface area contributed by atoms with Crippen molar-refractivity contribution in [1.82, 2.24) is 19.3 Å². The van der Waals surface area contributed by atoms with Gasteiger partial charge in [-0.05, 0) is 67.6 Å². The van der Waals surface area contributed by atoms with E-state index in [1.54, 1.807) is 6.26 Å². The average molecular weight is 462 g/mol. The van der Waals surface area contributed by atoms with Crippen molar-refractivity contribution in [2.45, 2.75) is 13.5 Å². The fourth-order valence-corrected chi connectivity index (χ4v) is 3.77. The second-order valence-electron chi connectivity index (χ2n) is 7.66. The number of nitrogens with two attached hydrogens (primary N) is 1. The van der Waals surface area contributed by atoms with Gasteiger partial charge >= 0.3 is 0 Å². The zero-order valence-corrected chi connectivity index (χ0v) is 19.1. The number of aryl methyl sites for hydroxylation is 2. The molecule has 0 unspecified atom stereocenters. The van der Waals surface area contributed by atoms with Crippen LogP contribution >= 0.6 is 12.4 Å². The standard InChI is InChI=1S/C24H23N7O.ClH/c1-15-12-21(22-4-3-11-32-22)31(29-15)18-9-10-20-19(13-18)28-23(30(20)2)14-27-17-7-5-16(6-8-17)24(25)26;/h3-13,27H,14H2,1-2H3,(H3,25,26);1H. The van der Waals surface area contributed by atoms with Crippen LogP contribution in [0.3, 0.4) is 0 Å². The van der Waals surface area contributed by atoms with Crippen LogP contribution in [0.2, 0.25) is 0 Å². The van der Waals surface area contributed by atoms with Crippen LogP contribution in [0, 0.1) is 12.3 Å². The lowest BCUT2D eigenvalue weighted by atomic mass is 10.2. The Morgan fingerprint density at radius 1 is 1.12 bits per heavy atom. The summed E-state index contributed by atoms with van der Waals surface area (Å²) in [6.07, 6.45) is 1.66. The monoisotopic (exact) mass is 461 g/mol. The maximum Gasteiger partial charge on any atom is 0.152 e. The Kier molecular flexibility index (Phi) is 5.93. The van der Waals surface area contributed by atoms with Gasteiger partial charge in [-0.3, -0.25) is 5.41 Å². The molecule has 168 valence electrons. The molecule has 0 aliphatic rings. The SMILES string of the molecule is Cc1cc(-c2ccco2)n(-c2ccc3c(c2)nc(CNc2ccc(C(=N)N)cc2)n3C)n1.Cl. The quantitative estimate of drug-likeness (QED) is 0.252. The van der Waals surface area contributed by atoms with Gasteiger partial charge in [0.05, 0.1) is 35.2 Å². The Balaban J connectivity index is 0.00000259. The minimum Gasteiger partial charge on any atom is -0.463 e. The van der Waals surface area contributed by atoms with Crippen molar-refractivity contribution in [1.29, 1.82) is 5.41 Å². The molecule has 5 aromatic rings. The number of rotatable bonds is 6. The van der Waals surface area contributed by atoms with E-state index in [4.69, 9.17) is 20.5 Å². The van der Waals surface area contributed by atoms with Crippen molar-refractivity contribution in [3.8, 4) is 17.1 Å². The first kappa shape index (κ1) is 22.2. The summed E-state index contributed by atoms with van der Waals surface area (Å²) in [4.78, 5) is 4.84. The van der Waals surface area contributed by atoms with Gasteiger partial charge in [-0.25, -0.2) is 9.67 Å². The zero-order valence-electron chi connectivity index (χ0n) is 18.2. The molecule has 4 N–H and O–H groups in total. The molecule has 33 heavy (non-hydrogen) atoms. The molecule has 0 spiro atoms. The Hall–Kier alpha value is -4.04. The van der Waals surface area contributed by atoms with E-state index >= 15 is 0 Å². The lowest BCUT2D eigenvalue weighted by molar-refractivity contribution is 0.577. The maximum absolute atomic E-state index is 7.50. The van der Waals surface area contributed by atoms with Gasteiger partial charge in [0.25, 0.3) is 0 Å². The van der Waals surface area contributed by atoms with Crippen LogP contribution in [0.1, 0.15) is 17.1 Å². The zero-order chi connectivity index (χ0) is 22.2. The van der Waals surface area contributed by atoms with Crippen LogP contribution < -0.4 is 11.1 Å². The molecule has 0 saturated heterocycles. The van der Waals surface area contributed by atoms with Gasteiger partial charge in [-0.2, -0.15) is 5.10 Å². The fourth-order valence-electron chi connectivity index (χ4n) is 3.77. The third-order valence-corrected chi connectivity index (χ3v) is 5.45. The number of fused-ring (bicyclic) bond motifs is 1. The highest BCUT2D eigenvalue weighted by atomic mass is 35.5. The molecule has 0 radical (unpaired) electrons. The number of furan rings is 1. The molecular weight excluding hydrogens is 438 g/mol. The lowest BCUT2D eigenvalue weighted by Crippen LogP contribution is -2.11. The summed E-state index contributed by atoms with van der Waals surface area (Å²) in [5, 5.41) is 15.5. The minimum absolute atomic E-state index is 0. The number of nitrogens with one attached hydrogen (secondary N) is 2. The Morgan fingerprint density at radius 3 is 2.61 bits per heavy atom. The van der Waals surface area contributed by atoms with Crippen molar-refractivity contribution < 1.29 is 4.42 Å². The topological polar surface area (TPSA) is 111 Å². The number of benzene rings is 2. The van der Waals surface area contributed by atoms with E-state index in [2.05, 4.69) is 21.0 Å². The molecule has 0 aliphatic carbocycles. The molecule has 0 amide bonds. The van der Waals surface area contributed by atoms with Gasteiger partial charge in [-0.15, -0.1) is 12.4 Å². The number of hydrogen-bond acceptors (Lipinski definition) is 5. The molecular formula is C24H24ClN7O. The summed E-state index contributed by atoms with van der Waals surface area (Å²) in [5.41, 5.74) is 11.8. The van der Waals surface area contributed by atoms with E-state index in [0.717, 1.165) is 45.4 Å². The molecule has 0 fully saturated rings. The van der Waals surface area contributed by atoms with Crippen molar-refractivity contribution in [2.24, 2.45) is 12.8 Å². The highest BCUT2D eigenvalue weighted by Gasteiger charge is 2.14. The van der Waals surface area contributed by atoms with Gasteiger partial charge < -0.3 is 20.0 Å². The largest absolute Gasteiger partial charge is 0.463 e. The maximum atomic E-state index is 7.50. The number of nitrogens with zero attached hydrogens (tertiary/aromatic N) is 4. The van der Waals surface area contributed by atoms with E-state index in [0.29, 0.717) is 12.1 Å². The molecule has 0 aliphatic heterocycles. The van der Waals surface area contributed by atoms with E-state index in [1.807, 2.05) is 73.3 Å². The molecule has 9 heteroatoms. The predicted molar refractivity (Wildman–Crippen MR) is 132 cm³/mol. The first-order valence-electron chi connectivity index (χ1n) is 10.2. The van der Waals surface area contributed by atoms with Crippen LogP contribution in [0.4, 0.5) is 5.69 Å². The minimum atomic E-state index is 0. The number of halogens is 1. The summed E-state index contributed by atoms with van der Waals surface area (Å²) in [6.45, 7) is 2.54. The predicted octanol–water partition coefficient (Wildman–Crippen LogP) is 4.65. The lowest BCUT2D eigenvalue weighted by Gasteiger charge is -2.07. The number of amidine groups is 1. The molecule has 0 atom stereocenters. The summed E-state index contributed by atoms with van der Waals surface area (Å²) < 4.78 is 9.56. The summed E-state index contributed by atoms with van der Waals surface area (Å²) in [7, 11) is 2.01. The molecule has 0 bridgehead atoms. The van der Waals surface area contributed by atoms with Crippen molar-refractivity contribution >= 4 is 35.0 Å². The third-order valence-electron chi connectivity index (χ3n) is 5.45. The van der Waals surface area contributed by atoms with Gasteiger partial charge in [0.15, 0.2) is 5.76 Å². The summed E-state index contributed by atoms with van der Waals surface area (Å²) in [5.74, 6) is 1.74. The van der Waals surface area contributed by atoms with E-state index < -0.39 is 0 Å². The van der Waals surface area contributed by atoms with E-state index in [-0.39, 0.29) is 18.2 Å². The normalized spacial score (nSPS) is 10.8. The van der Waals surface area contributed by atoms with E-state index in [9.17, 15) is 0 Å². The molecule has 3 aromatic heterocycles. The molecule has 5 rings (SSSR count). The van der Waals surface area contributed by atoms with Crippen molar-refractivity contribution in [2.75, 3.05) is 5.32 Å². The second-order valence-corrected chi connectivity index (χ2v) is 7.66. The van der Waals surface area contributed by atoms with Crippen LogP contribution in [-0.4, -0.2) is 25.2 Å². The Morgan fingerprint density at radius 2 is 1.91 bits per heavy atom. The summed E-state index contributed by atoms with van der Waals surface area (Å²) in [6, 6.07) is 19.4. The number of nitrogen functional groups attached to an aromatic ring is 1. The van der Waals surface area contributed by atoms with Crippen LogP contribution in [0.5, 0.6) is 0 Å². The molecule has 0 saturated carbocycles. The Bertz CT molecular complexity index is 1420. The number of hydrogen-bond donors (Lipinski definition) is 3. The van der Waals surface area contributed by atoms with E-state index in [1.165, 1.54) is 0 Å². The van der Waals surface area contributed by atoms with Crippen molar-refractivity contribution in [3.05, 3.63) is 84.0 Å². The second kappa shape index (κ2) is 8.84. The molecule has 8 nitrogen and oxygen atoms in total. The third kappa shape index (κ3) is 4.20. The average Bonchev–Trinajstić information content (AvgIpc) is 3.52. The van der Waals surface area contributed by atoms with Crippen LogP contribution in [0.25, 0.3) is 28.2 Å². The van der Waals surface area contributed by atoms with Crippen molar-refractivity contribution in [3.63, 3.8) is 0 Å². The first-order valence-corrected chi connectivity index (χ1v) is 10.2. The van der Waals surface area contributed by atoms with Crippen LogP contribution in [-0.2, 0) is 13.6 Å². The number of imidazole rings is 1. The van der Waals surface area contributed by atoms with Gasteiger partial charge in [0.1, 0.15) is 17.4 Å². The van der Waals surface area contributed by atoms with Gasteiger partial charge in [0.2, 0.25) is 0 Å². The van der Waals surface area contributed by atoms with Gasteiger partial charge in [-0.1, -0.05) is 0 Å². The summed E-state index contributed by atoms with van der Waals surface area (Å²) >= 11 is 0. The smallest absolute Gasteiger partial charge is 0.152 e. The van der Waals surface area contributed by atoms with Crippen LogP contribution in [0.15, 0.2) is 71.3 Å². The number of aromatic nitrogens is 4. The van der Waals surface area contributed by atoms with Gasteiger partial charge in [0, 0.05) is 18.3 Å².